The Hall–Kier alpha value is -1.84. The number of hydrogen-bond acceptors (Lipinski definition) is 1. The van der Waals surface area contributed by atoms with Gasteiger partial charge in [-0.3, -0.25) is 4.79 Å². The lowest BCUT2D eigenvalue weighted by Crippen LogP contribution is -2.91. The fourth-order valence-corrected chi connectivity index (χ4v) is 3.23. The van der Waals surface area contributed by atoms with E-state index in [2.05, 4.69) is 36.6 Å². The fraction of sp³-hybridized carbons (Fsp3) is 0.350. The standard InChI is InChI=1S/C20H25ClN2O/c1-12-9-13(2)19(14(3)10-12)23-20(24)16(5)22-15(4)17-7-6-8-18(21)11-17/h6-11,15-16,22H,1-5H3,(H,23,24)/p+1/t15-,16+/m1/s1. The summed E-state index contributed by atoms with van der Waals surface area (Å²) in [6.45, 7) is 10.1. The molecule has 24 heavy (non-hydrogen) atoms. The first-order chi connectivity index (χ1) is 11.3. The van der Waals surface area contributed by atoms with Crippen LogP contribution in [0.5, 0.6) is 0 Å². The highest BCUT2D eigenvalue weighted by atomic mass is 35.5. The molecule has 0 heterocycles. The Labute approximate surface area is 149 Å². The molecule has 0 bridgehead atoms. The van der Waals surface area contributed by atoms with Gasteiger partial charge in [0.25, 0.3) is 5.91 Å². The van der Waals surface area contributed by atoms with Crippen molar-refractivity contribution < 1.29 is 10.1 Å². The Balaban J connectivity index is 2.05. The lowest BCUT2D eigenvalue weighted by atomic mass is 10.0. The van der Waals surface area contributed by atoms with Crippen molar-refractivity contribution in [1.29, 1.82) is 0 Å². The van der Waals surface area contributed by atoms with Crippen LogP contribution in [0.4, 0.5) is 5.69 Å². The van der Waals surface area contributed by atoms with Gasteiger partial charge >= 0.3 is 0 Å². The molecule has 2 atom stereocenters. The summed E-state index contributed by atoms with van der Waals surface area (Å²) in [5, 5.41) is 5.85. The molecule has 3 nitrogen and oxygen atoms in total. The van der Waals surface area contributed by atoms with Gasteiger partial charge in [-0.05, 0) is 57.9 Å². The van der Waals surface area contributed by atoms with E-state index in [1.165, 1.54) is 5.56 Å². The summed E-state index contributed by atoms with van der Waals surface area (Å²) in [4.78, 5) is 12.6. The van der Waals surface area contributed by atoms with Crippen molar-refractivity contribution in [3.05, 3.63) is 63.7 Å². The van der Waals surface area contributed by atoms with Gasteiger partial charge in [0.2, 0.25) is 0 Å². The molecule has 3 N–H and O–H groups in total. The average Bonchev–Trinajstić information content (AvgIpc) is 2.50. The molecular weight excluding hydrogens is 320 g/mol. The second-order valence-electron chi connectivity index (χ2n) is 6.59. The molecule has 0 aliphatic carbocycles. The van der Waals surface area contributed by atoms with Crippen molar-refractivity contribution >= 4 is 23.2 Å². The zero-order valence-corrected chi connectivity index (χ0v) is 15.7. The molecular formula is C20H26ClN2O+. The Morgan fingerprint density at radius 1 is 1.08 bits per heavy atom. The quantitative estimate of drug-likeness (QED) is 0.847. The topological polar surface area (TPSA) is 45.7 Å². The number of amides is 1. The summed E-state index contributed by atoms with van der Waals surface area (Å²) in [5.74, 6) is 0.0129. The van der Waals surface area contributed by atoms with Crippen molar-refractivity contribution in [3.63, 3.8) is 0 Å². The molecule has 0 radical (unpaired) electrons. The first-order valence-electron chi connectivity index (χ1n) is 8.27. The van der Waals surface area contributed by atoms with Crippen molar-refractivity contribution in [2.45, 2.75) is 46.7 Å². The summed E-state index contributed by atoms with van der Waals surface area (Å²) in [7, 11) is 0. The molecule has 0 fully saturated rings. The van der Waals surface area contributed by atoms with Gasteiger partial charge in [-0.2, -0.15) is 0 Å². The fourth-order valence-electron chi connectivity index (χ4n) is 3.04. The van der Waals surface area contributed by atoms with Crippen molar-refractivity contribution in [1.82, 2.24) is 0 Å². The lowest BCUT2D eigenvalue weighted by Gasteiger charge is -2.19. The maximum Gasteiger partial charge on any atom is 0.282 e. The highest BCUT2D eigenvalue weighted by molar-refractivity contribution is 6.30. The molecule has 128 valence electrons. The molecule has 0 saturated heterocycles. The van der Waals surface area contributed by atoms with Gasteiger partial charge in [-0.15, -0.1) is 0 Å². The van der Waals surface area contributed by atoms with E-state index in [1.807, 2.05) is 45.0 Å². The number of carbonyl (C=O) groups excluding carboxylic acids is 1. The number of anilines is 1. The van der Waals surface area contributed by atoms with Gasteiger partial charge in [0, 0.05) is 16.3 Å². The first-order valence-corrected chi connectivity index (χ1v) is 8.65. The smallest absolute Gasteiger partial charge is 0.282 e. The van der Waals surface area contributed by atoms with E-state index >= 15 is 0 Å². The van der Waals surface area contributed by atoms with E-state index in [0.29, 0.717) is 0 Å². The number of quaternary nitrogens is 1. The molecule has 2 rings (SSSR count). The zero-order valence-electron chi connectivity index (χ0n) is 15.0. The number of rotatable bonds is 5. The van der Waals surface area contributed by atoms with Crippen molar-refractivity contribution in [2.75, 3.05) is 5.32 Å². The van der Waals surface area contributed by atoms with Gasteiger partial charge in [0.15, 0.2) is 6.04 Å². The molecule has 4 heteroatoms. The van der Waals surface area contributed by atoms with Crippen LogP contribution in [-0.2, 0) is 4.79 Å². The number of nitrogens with two attached hydrogens (primary N) is 1. The summed E-state index contributed by atoms with van der Waals surface area (Å²) in [6.07, 6.45) is 0. The second-order valence-corrected chi connectivity index (χ2v) is 7.02. The lowest BCUT2D eigenvalue weighted by molar-refractivity contribution is -0.709. The number of carbonyl (C=O) groups is 1. The molecule has 0 unspecified atom stereocenters. The molecule has 0 aliphatic rings. The largest absolute Gasteiger partial charge is 0.330 e. The number of benzene rings is 2. The van der Waals surface area contributed by atoms with Crippen LogP contribution in [0, 0.1) is 20.8 Å². The second kappa shape index (κ2) is 7.82. The van der Waals surface area contributed by atoms with Gasteiger partial charge < -0.3 is 10.6 Å². The third kappa shape index (κ3) is 4.59. The van der Waals surface area contributed by atoms with E-state index < -0.39 is 0 Å². The molecule has 1 amide bonds. The van der Waals surface area contributed by atoms with Crippen molar-refractivity contribution in [3.8, 4) is 0 Å². The van der Waals surface area contributed by atoms with Crippen LogP contribution < -0.4 is 10.6 Å². The number of nitrogens with one attached hydrogen (secondary N) is 1. The first kappa shape index (κ1) is 18.5. The minimum absolute atomic E-state index is 0.0129. The van der Waals surface area contributed by atoms with Crippen LogP contribution in [0.3, 0.4) is 0 Å². The Kier molecular flexibility index (Phi) is 6.03. The Bertz CT molecular complexity index is 719. The van der Waals surface area contributed by atoms with E-state index in [1.54, 1.807) is 0 Å². The van der Waals surface area contributed by atoms with Crippen molar-refractivity contribution in [2.24, 2.45) is 0 Å². The summed E-state index contributed by atoms with van der Waals surface area (Å²) in [6, 6.07) is 11.9. The zero-order chi connectivity index (χ0) is 17.9. The van der Waals surface area contributed by atoms with Crippen LogP contribution in [0.25, 0.3) is 0 Å². The minimum Gasteiger partial charge on any atom is -0.330 e. The average molecular weight is 346 g/mol. The van der Waals surface area contributed by atoms with Crippen LogP contribution in [0.15, 0.2) is 36.4 Å². The molecule has 2 aromatic rings. The van der Waals surface area contributed by atoms with Crippen LogP contribution >= 0.6 is 11.6 Å². The minimum atomic E-state index is -0.195. The molecule has 2 aromatic carbocycles. The SMILES string of the molecule is Cc1cc(C)c(NC(=O)[C@H](C)[NH2+][C@H](C)c2cccc(Cl)c2)c(C)c1. The van der Waals surface area contributed by atoms with E-state index in [4.69, 9.17) is 11.6 Å². The number of halogens is 1. The summed E-state index contributed by atoms with van der Waals surface area (Å²) < 4.78 is 0. The van der Waals surface area contributed by atoms with E-state index in [9.17, 15) is 4.79 Å². The maximum atomic E-state index is 12.6. The summed E-state index contributed by atoms with van der Waals surface area (Å²) >= 11 is 6.05. The predicted molar refractivity (Wildman–Crippen MR) is 101 cm³/mol. The van der Waals surface area contributed by atoms with Gasteiger partial charge in [-0.1, -0.05) is 41.4 Å². The molecule has 0 spiro atoms. The Morgan fingerprint density at radius 2 is 1.71 bits per heavy atom. The molecule has 0 saturated carbocycles. The van der Waals surface area contributed by atoms with Crippen LogP contribution in [0.1, 0.15) is 42.1 Å². The number of hydrogen-bond donors (Lipinski definition) is 2. The van der Waals surface area contributed by atoms with Gasteiger partial charge in [-0.25, -0.2) is 0 Å². The highest BCUT2D eigenvalue weighted by Crippen LogP contribution is 2.22. The van der Waals surface area contributed by atoms with Crippen LogP contribution in [0.2, 0.25) is 5.02 Å². The van der Waals surface area contributed by atoms with E-state index in [-0.39, 0.29) is 18.0 Å². The Morgan fingerprint density at radius 3 is 2.29 bits per heavy atom. The predicted octanol–water partition coefficient (Wildman–Crippen LogP) is 3.92. The monoisotopic (exact) mass is 345 g/mol. The molecule has 0 aromatic heterocycles. The van der Waals surface area contributed by atoms with Gasteiger partial charge in [0.1, 0.15) is 6.04 Å². The van der Waals surface area contributed by atoms with Gasteiger partial charge in [0.05, 0.1) is 0 Å². The summed E-state index contributed by atoms with van der Waals surface area (Å²) in [5.41, 5.74) is 5.43. The van der Waals surface area contributed by atoms with Crippen LogP contribution in [-0.4, -0.2) is 11.9 Å². The number of aryl methyl sites for hydroxylation is 3. The third-order valence-electron chi connectivity index (χ3n) is 4.29. The third-order valence-corrected chi connectivity index (χ3v) is 4.53. The van der Waals surface area contributed by atoms with E-state index in [0.717, 1.165) is 27.4 Å². The normalized spacial score (nSPS) is 13.4. The highest BCUT2D eigenvalue weighted by Gasteiger charge is 2.21. The maximum absolute atomic E-state index is 12.6. The molecule has 0 aliphatic heterocycles.